The summed E-state index contributed by atoms with van der Waals surface area (Å²) < 4.78 is 34.6. The number of H-pyrrole nitrogens is 1. The third-order valence-corrected chi connectivity index (χ3v) is 4.57. The summed E-state index contributed by atoms with van der Waals surface area (Å²) in [5.41, 5.74) is 1.59. The van der Waals surface area contributed by atoms with Gasteiger partial charge in [-0.2, -0.15) is 0 Å². The summed E-state index contributed by atoms with van der Waals surface area (Å²) in [6.45, 7) is 1.19. The molecule has 1 fully saturated rings. The van der Waals surface area contributed by atoms with Gasteiger partial charge in [0.05, 0.1) is 30.0 Å². The number of benzene rings is 1. The molecule has 6 nitrogen and oxygen atoms in total. The highest BCUT2D eigenvalue weighted by atomic mass is 19.2. The van der Waals surface area contributed by atoms with Crippen molar-refractivity contribution >= 4 is 5.91 Å². The van der Waals surface area contributed by atoms with E-state index in [1.54, 1.807) is 12.3 Å². The number of nitrogens with zero attached hydrogens (tertiary/aromatic N) is 2. The van der Waals surface area contributed by atoms with Gasteiger partial charge in [0.25, 0.3) is 5.91 Å². The first kappa shape index (κ1) is 17.4. The molecule has 1 amide bonds. The first-order valence-corrected chi connectivity index (χ1v) is 8.69. The Balaban J connectivity index is 1.55. The molecule has 1 saturated heterocycles. The summed E-state index contributed by atoms with van der Waals surface area (Å²) in [4.78, 5) is 19.3. The van der Waals surface area contributed by atoms with Gasteiger partial charge in [0, 0.05) is 24.9 Å². The Labute approximate surface area is 154 Å². The van der Waals surface area contributed by atoms with Gasteiger partial charge in [-0.15, -0.1) is 0 Å². The summed E-state index contributed by atoms with van der Waals surface area (Å²) in [6.07, 6.45) is 6.56. The van der Waals surface area contributed by atoms with Crippen LogP contribution in [-0.4, -0.2) is 39.7 Å². The Kier molecular flexibility index (Phi) is 4.72. The van der Waals surface area contributed by atoms with Crippen molar-refractivity contribution in [3.05, 3.63) is 60.3 Å². The zero-order valence-electron chi connectivity index (χ0n) is 14.4. The number of hydrogen-bond donors (Lipinski definition) is 2. The quantitative estimate of drug-likeness (QED) is 0.723. The number of nitrogens with one attached hydrogen (secondary N) is 2. The van der Waals surface area contributed by atoms with Crippen molar-refractivity contribution in [1.29, 1.82) is 0 Å². The first-order chi connectivity index (χ1) is 13.1. The van der Waals surface area contributed by atoms with E-state index in [0.29, 0.717) is 23.5 Å². The maximum atomic E-state index is 14.1. The number of imidazole rings is 1. The molecule has 0 bridgehead atoms. The molecule has 0 radical (unpaired) electrons. The Hall–Kier alpha value is -3.00. The van der Waals surface area contributed by atoms with Crippen molar-refractivity contribution in [3.8, 4) is 16.9 Å². The molecule has 27 heavy (non-hydrogen) atoms. The van der Waals surface area contributed by atoms with Crippen LogP contribution in [0.3, 0.4) is 0 Å². The van der Waals surface area contributed by atoms with Crippen LogP contribution in [0.1, 0.15) is 23.3 Å². The summed E-state index contributed by atoms with van der Waals surface area (Å²) in [7, 11) is 0. The molecule has 4 rings (SSSR count). The molecule has 1 aliphatic rings. The van der Waals surface area contributed by atoms with Crippen molar-refractivity contribution < 1.29 is 18.3 Å². The summed E-state index contributed by atoms with van der Waals surface area (Å²) in [6, 6.07) is 5.60. The lowest BCUT2D eigenvalue weighted by Gasteiger charge is -2.10. The smallest absolute Gasteiger partial charge is 0.267 e. The molecule has 1 aliphatic heterocycles. The molecule has 0 aliphatic carbocycles. The van der Waals surface area contributed by atoms with Crippen LogP contribution in [0.4, 0.5) is 8.78 Å². The lowest BCUT2D eigenvalue weighted by molar-refractivity contribution is 0.0854. The largest absolute Gasteiger partial charge is 0.376 e. The van der Waals surface area contributed by atoms with Gasteiger partial charge in [0.2, 0.25) is 0 Å². The number of hydrogen-bond acceptors (Lipinski definition) is 3. The van der Waals surface area contributed by atoms with Gasteiger partial charge < -0.3 is 15.0 Å². The van der Waals surface area contributed by atoms with E-state index in [1.165, 1.54) is 29.2 Å². The van der Waals surface area contributed by atoms with Crippen molar-refractivity contribution in [1.82, 2.24) is 19.9 Å². The molecule has 140 valence electrons. The molecule has 8 heteroatoms. The van der Waals surface area contributed by atoms with Gasteiger partial charge in [-0.1, -0.05) is 6.07 Å². The van der Waals surface area contributed by atoms with Crippen LogP contribution in [0.5, 0.6) is 0 Å². The Bertz CT molecular complexity index is 960. The molecule has 0 saturated carbocycles. The minimum absolute atomic E-state index is 0.0492. The SMILES string of the molecule is O=C(NCC1CCCO1)c1cc(-c2cncn2-c2cccc(F)c2F)c[nH]1. The van der Waals surface area contributed by atoms with Gasteiger partial charge in [0.15, 0.2) is 11.6 Å². The third kappa shape index (κ3) is 3.48. The Morgan fingerprint density at radius 2 is 2.30 bits per heavy atom. The van der Waals surface area contributed by atoms with Crippen LogP contribution in [0.25, 0.3) is 16.9 Å². The highest BCUT2D eigenvalue weighted by Crippen LogP contribution is 2.25. The fraction of sp³-hybridized carbons (Fsp3) is 0.263. The van der Waals surface area contributed by atoms with Gasteiger partial charge >= 0.3 is 0 Å². The number of ether oxygens (including phenoxy) is 1. The zero-order chi connectivity index (χ0) is 18.8. The predicted molar refractivity (Wildman–Crippen MR) is 94.6 cm³/mol. The summed E-state index contributed by atoms with van der Waals surface area (Å²) in [5.74, 6) is -2.14. The van der Waals surface area contributed by atoms with Crippen LogP contribution in [0.2, 0.25) is 0 Å². The lowest BCUT2D eigenvalue weighted by Crippen LogP contribution is -2.31. The van der Waals surface area contributed by atoms with Gasteiger partial charge in [0.1, 0.15) is 5.69 Å². The van der Waals surface area contributed by atoms with E-state index < -0.39 is 11.6 Å². The first-order valence-electron chi connectivity index (χ1n) is 8.69. The molecule has 3 aromatic rings. The van der Waals surface area contributed by atoms with E-state index in [0.717, 1.165) is 25.5 Å². The minimum Gasteiger partial charge on any atom is -0.376 e. The topological polar surface area (TPSA) is 71.9 Å². The van der Waals surface area contributed by atoms with Gasteiger partial charge in [-0.3, -0.25) is 9.36 Å². The van der Waals surface area contributed by atoms with Crippen LogP contribution >= 0.6 is 0 Å². The van der Waals surface area contributed by atoms with E-state index >= 15 is 0 Å². The monoisotopic (exact) mass is 372 g/mol. The van der Waals surface area contributed by atoms with Crippen LogP contribution in [0, 0.1) is 11.6 Å². The van der Waals surface area contributed by atoms with Crippen molar-refractivity contribution in [2.24, 2.45) is 0 Å². The molecule has 2 N–H and O–H groups in total. The van der Waals surface area contributed by atoms with Gasteiger partial charge in [-0.05, 0) is 31.0 Å². The van der Waals surface area contributed by atoms with Crippen molar-refractivity contribution in [2.45, 2.75) is 18.9 Å². The number of carbonyl (C=O) groups excluding carboxylic acids is 1. The average molecular weight is 372 g/mol. The average Bonchev–Trinajstić information content (AvgIpc) is 3.42. The Morgan fingerprint density at radius 3 is 3.11 bits per heavy atom. The molecule has 1 aromatic carbocycles. The number of amides is 1. The normalized spacial score (nSPS) is 16.6. The second kappa shape index (κ2) is 7.32. The number of aromatic amines is 1. The molecular formula is C19H18F2N4O2. The molecule has 3 heterocycles. The number of halogens is 2. The van der Waals surface area contributed by atoms with Crippen LogP contribution in [-0.2, 0) is 4.74 Å². The standard InChI is InChI=1S/C19H18F2N4O2/c20-14-4-1-5-16(18(14)21)25-11-22-10-17(25)12-7-15(23-8-12)19(26)24-9-13-3-2-6-27-13/h1,4-5,7-8,10-11,13,23H,2-3,6,9H2,(H,24,26). The van der Waals surface area contributed by atoms with E-state index in [2.05, 4.69) is 15.3 Å². The molecule has 1 atom stereocenters. The Morgan fingerprint density at radius 1 is 1.41 bits per heavy atom. The summed E-state index contributed by atoms with van der Waals surface area (Å²) in [5, 5.41) is 2.84. The van der Waals surface area contributed by atoms with E-state index in [-0.39, 0.29) is 17.7 Å². The molecule has 1 unspecified atom stereocenters. The predicted octanol–water partition coefficient (Wildman–Crippen LogP) is 3.05. The second-order valence-electron chi connectivity index (χ2n) is 6.37. The number of aromatic nitrogens is 3. The zero-order valence-corrected chi connectivity index (χ0v) is 14.4. The lowest BCUT2D eigenvalue weighted by atomic mass is 10.2. The van der Waals surface area contributed by atoms with E-state index in [4.69, 9.17) is 4.74 Å². The molecule has 2 aromatic heterocycles. The number of carbonyl (C=O) groups is 1. The highest BCUT2D eigenvalue weighted by Gasteiger charge is 2.19. The maximum absolute atomic E-state index is 14.1. The maximum Gasteiger partial charge on any atom is 0.267 e. The minimum atomic E-state index is -0.957. The number of rotatable bonds is 5. The molecule has 0 spiro atoms. The van der Waals surface area contributed by atoms with E-state index in [9.17, 15) is 13.6 Å². The van der Waals surface area contributed by atoms with Crippen molar-refractivity contribution in [2.75, 3.05) is 13.2 Å². The fourth-order valence-electron chi connectivity index (χ4n) is 3.16. The molecular weight excluding hydrogens is 354 g/mol. The highest BCUT2D eigenvalue weighted by molar-refractivity contribution is 5.93. The third-order valence-electron chi connectivity index (χ3n) is 4.57. The van der Waals surface area contributed by atoms with Crippen LogP contribution in [0.15, 0.2) is 43.0 Å². The fourth-order valence-corrected chi connectivity index (χ4v) is 3.16. The summed E-state index contributed by atoms with van der Waals surface area (Å²) >= 11 is 0. The van der Waals surface area contributed by atoms with Crippen molar-refractivity contribution in [3.63, 3.8) is 0 Å². The van der Waals surface area contributed by atoms with Crippen LogP contribution < -0.4 is 5.32 Å². The van der Waals surface area contributed by atoms with E-state index in [1.807, 2.05) is 0 Å². The van der Waals surface area contributed by atoms with Gasteiger partial charge in [-0.25, -0.2) is 13.8 Å². The second-order valence-corrected chi connectivity index (χ2v) is 6.37.